The molecule has 0 bridgehead atoms. The largest absolute Gasteiger partial charge is 0.457 e. The van der Waals surface area contributed by atoms with E-state index in [9.17, 15) is 0 Å². The van der Waals surface area contributed by atoms with E-state index < -0.39 is 0 Å². The van der Waals surface area contributed by atoms with Crippen LogP contribution >= 0.6 is 11.6 Å². The van der Waals surface area contributed by atoms with E-state index in [1.807, 2.05) is 61.5 Å². The lowest BCUT2D eigenvalue weighted by molar-refractivity contribution is 0.481. The van der Waals surface area contributed by atoms with Gasteiger partial charge in [0, 0.05) is 5.02 Å². The van der Waals surface area contributed by atoms with E-state index in [4.69, 9.17) is 16.3 Å². The van der Waals surface area contributed by atoms with Crippen LogP contribution in [0.15, 0.2) is 71.8 Å². The monoisotopic (exact) mass is 392 g/mol. The molecule has 1 N–H and O–H groups in total. The zero-order chi connectivity index (χ0) is 20.1. The van der Waals surface area contributed by atoms with Gasteiger partial charge in [-0.1, -0.05) is 50.6 Å². The number of ether oxygens (including phenoxy) is 1. The van der Waals surface area contributed by atoms with Gasteiger partial charge < -0.3 is 4.74 Å². The molecule has 0 amide bonds. The molecule has 3 rings (SSSR count). The first-order valence-electron chi connectivity index (χ1n) is 9.25. The van der Waals surface area contributed by atoms with E-state index >= 15 is 0 Å². The first-order valence-corrected chi connectivity index (χ1v) is 9.63. The van der Waals surface area contributed by atoms with Crippen LogP contribution in [0.2, 0.25) is 5.02 Å². The molecule has 0 unspecified atom stereocenters. The Labute approximate surface area is 172 Å². The van der Waals surface area contributed by atoms with Crippen molar-refractivity contribution in [3.8, 4) is 11.5 Å². The van der Waals surface area contributed by atoms with Crippen molar-refractivity contribution in [2.75, 3.05) is 5.43 Å². The maximum atomic E-state index is 6.12. The van der Waals surface area contributed by atoms with E-state index in [-0.39, 0.29) is 5.41 Å². The molecule has 0 atom stereocenters. The molecular weight excluding hydrogens is 368 g/mol. The number of hydrazone groups is 1. The van der Waals surface area contributed by atoms with E-state index in [1.54, 1.807) is 6.21 Å². The molecule has 0 aliphatic rings. The fourth-order valence-electron chi connectivity index (χ4n) is 2.62. The first kappa shape index (κ1) is 20.0. The van der Waals surface area contributed by atoms with Crippen molar-refractivity contribution in [2.45, 2.75) is 33.1 Å². The fraction of sp³-hybridized carbons (Fsp3) is 0.208. The SMILES string of the molecule is Cc1ccc(NN=Cc2ccc(Oc3ccc(C(C)(C)C)cc3)cc2)cc1Cl. The minimum absolute atomic E-state index is 0.136. The first-order chi connectivity index (χ1) is 13.3. The molecule has 0 spiro atoms. The van der Waals surface area contributed by atoms with Crippen LogP contribution < -0.4 is 10.2 Å². The summed E-state index contributed by atoms with van der Waals surface area (Å²) in [5.74, 6) is 1.62. The Bertz CT molecular complexity index is 955. The van der Waals surface area contributed by atoms with Gasteiger partial charge in [-0.25, -0.2) is 0 Å². The second kappa shape index (κ2) is 8.49. The highest BCUT2D eigenvalue weighted by Crippen LogP contribution is 2.27. The summed E-state index contributed by atoms with van der Waals surface area (Å²) in [6.07, 6.45) is 1.76. The molecule has 3 aromatic rings. The van der Waals surface area contributed by atoms with Gasteiger partial charge in [-0.3, -0.25) is 5.43 Å². The third kappa shape index (κ3) is 5.37. The molecule has 0 saturated heterocycles. The molecule has 0 aliphatic carbocycles. The number of hydrogen-bond donors (Lipinski definition) is 1. The highest BCUT2D eigenvalue weighted by Gasteiger charge is 2.13. The Morgan fingerprint density at radius 3 is 2.07 bits per heavy atom. The number of halogens is 1. The van der Waals surface area contributed by atoms with Crippen molar-refractivity contribution in [2.24, 2.45) is 5.10 Å². The number of nitrogens with one attached hydrogen (secondary N) is 1. The number of benzene rings is 3. The summed E-state index contributed by atoms with van der Waals surface area (Å²) >= 11 is 6.12. The zero-order valence-electron chi connectivity index (χ0n) is 16.7. The van der Waals surface area contributed by atoms with Crippen LogP contribution in [0.1, 0.15) is 37.5 Å². The van der Waals surface area contributed by atoms with Gasteiger partial charge in [-0.15, -0.1) is 0 Å². The predicted molar refractivity (Wildman–Crippen MR) is 119 cm³/mol. The average Bonchev–Trinajstić information content (AvgIpc) is 2.66. The molecule has 0 fully saturated rings. The number of hydrogen-bond acceptors (Lipinski definition) is 3. The normalized spacial score (nSPS) is 11.6. The van der Waals surface area contributed by atoms with Gasteiger partial charge in [-0.05, 0) is 77.6 Å². The molecule has 3 aromatic carbocycles. The Morgan fingerprint density at radius 2 is 1.50 bits per heavy atom. The van der Waals surface area contributed by atoms with E-state index in [0.29, 0.717) is 0 Å². The molecule has 0 aliphatic heterocycles. The summed E-state index contributed by atoms with van der Waals surface area (Å²) in [4.78, 5) is 0. The average molecular weight is 393 g/mol. The third-order valence-corrected chi connectivity index (χ3v) is 4.82. The topological polar surface area (TPSA) is 33.6 Å². The van der Waals surface area contributed by atoms with Gasteiger partial charge in [-0.2, -0.15) is 5.10 Å². The lowest BCUT2D eigenvalue weighted by Gasteiger charge is -2.19. The highest BCUT2D eigenvalue weighted by molar-refractivity contribution is 6.31. The number of aryl methyl sites for hydroxylation is 1. The fourth-order valence-corrected chi connectivity index (χ4v) is 2.81. The number of rotatable bonds is 5. The van der Waals surface area contributed by atoms with Gasteiger partial charge in [0.05, 0.1) is 11.9 Å². The molecule has 144 valence electrons. The van der Waals surface area contributed by atoms with E-state index in [1.165, 1.54) is 5.56 Å². The molecule has 0 radical (unpaired) electrons. The van der Waals surface area contributed by atoms with E-state index in [2.05, 4.69) is 43.4 Å². The summed E-state index contributed by atoms with van der Waals surface area (Å²) in [6, 6.07) is 21.8. The minimum Gasteiger partial charge on any atom is -0.457 e. The molecule has 3 nitrogen and oxygen atoms in total. The van der Waals surface area contributed by atoms with Crippen LogP contribution in [0.5, 0.6) is 11.5 Å². The zero-order valence-corrected chi connectivity index (χ0v) is 17.4. The van der Waals surface area contributed by atoms with Crippen LogP contribution in [0, 0.1) is 6.92 Å². The Balaban J connectivity index is 1.59. The number of anilines is 1. The van der Waals surface area contributed by atoms with Crippen molar-refractivity contribution in [3.05, 3.63) is 88.4 Å². The summed E-state index contributed by atoms with van der Waals surface area (Å²) in [5, 5.41) is 4.97. The number of nitrogens with zero attached hydrogens (tertiary/aromatic N) is 1. The van der Waals surface area contributed by atoms with Crippen LogP contribution in [-0.2, 0) is 5.41 Å². The minimum atomic E-state index is 0.136. The van der Waals surface area contributed by atoms with Gasteiger partial charge in [0.2, 0.25) is 0 Å². The van der Waals surface area contributed by atoms with Crippen LogP contribution in [-0.4, -0.2) is 6.21 Å². The maximum absolute atomic E-state index is 6.12. The molecule has 0 heterocycles. The standard InChI is InChI=1S/C24H25ClN2O/c1-17-5-10-20(15-23(17)25)27-26-16-18-6-11-21(12-7-18)28-22-13-8-19(9-14-22)24(2,3)4/h5-16,27H,1-4H3. The van der Waals surface area contributed by atoms with Crippen molar-refractivity contribution >= 4 is 23.5 Å². The second-order valence-electron chi connectivity index (χ2n) is 7.78. The van der Waals surface area contributed by atoms with E-state index in [0.717, 1.165) is 33.3 Å². The van der Waals surface area contributed by atoms with Gasteiger partial charge in [0.15, 0.2) is 0 Å². The van der Waals surface area contributed by atoms with Crippen molar-refractivity contribution in [1.82, 2.24) is 0 Å². The van der Waals surface area contributed by atoms with Crippen LogP contribution in [0.25, 0.3) is 0 Å². The van der Waals surface area contributed by atoms with Crippen molar-refractivity contribution in [1.29, 1.82) is 0 Å². The summed E-state index contributed by atoms with van der Waals surface area (Å²) in [7, 11) is 0. The van der Waals surface area contributed by atoms with Crippen LogP contribution in [0.3, 0.4) is 0 Å². The third-order valence-electron chi connectivity index (χ3n) is 4.42. The smallest absolute Gasteiger partial charge is 0.127 e. The van der Waals surface area contributed by atoms with Crippen molar-refractivity contribution < 1.29 is 4.74 Å². The molecule has 0 saturated carbocycles. The lowest BCUT2D eigenvalue weighted by Crippen LogP contribution is -2.10. The lowest BCUT2D eigenvalue weighted by atomic mass is 9.87. The molecular formula is C24H25ClN2O. The molecule has 0 aromatic heterocycles. The molecule has 28 heavy (non-hydrogen) atoms. The van der Waals surface area contributed by atoms with Gasteiger partial charge in [0.25, 0.3) is 0 Å². The Kier molecular flexibility index (Phi) is 6.05. The Morgan fingerprint density at radius 1 is 0.893 bits per heavy atom. The maximum Gasteiger partial charge on any atom is 0.127 e. The van der Waals surface area contributed by atoms with Gasteiger partial charge in [0.1, 0.15) is 11.5 Å². The predicted octanol–water partition coefficient (Wildman–Crippen LogP) is 7.18. The quantitative estimate of drug-likeness (QED) is 0.368. The summed E-state index contributed by atoms with van der Waals surface area (Å²) in [6.45, 7) is 8.57. The molecule has 4 heteroatoms. The Hall–Kier alpha value is -2.78. The highest BCUT2D eigenvalue weighted by atomic mass is 35.5. The second-order valence-corrected chi connectivity index (χ2v) is 8.19. The van der Waals surface area contributed by atoms with Gasteiger partial charge >= 0.3 is 0 Å². The van der Waals surface area contributed by atoms with Crippen molar-refractivity contribution in [3.63, 3.8) is 0 Å². The van der Waals surface area contributed by atoms with Crippen LogP contribution in [0.4, 0.5) is 5.69 Å². The summed E-state index contributed by atoms with van der Waals surface area (Å²) in [5.41, 5.74) is 7.28. The summed E-state index contributed by atoms with van der Waals surface area (Å²) < 4.78 is 5.92.